The van der Waals surface area contributed by atoms with Crippen molar-refractivity contribution in [2.75, 3.05) is 0 Å². The maximum atomic E-state index is 6.24. The summed E-state index contributed by atoms with van der Waals surface area (Å²) in [5.74, 6) is 3.93. The third-order valence-electron chi connectivity index (χ3n) is 5.77. The summed E-state index contributed by atoms with van der Waals surface area (Å²) in [6, 6.07) is 13.4. The Labute approximate surface area is 212 Å². The zero-order valence-electron chi connectivity index (χ0n) is 19.5. The van der Waals surface area contributed by atoms with Crippen molar-refractivity contribution in [3.05, 3.63) is 52.8 Å². The number of hydrogen-bond acceptors (Lipinski definition) is 4. The van der Waals surface area contributed by atoms with Crippen molar-refractivity contribution in [1.82, 2.24) is 0 Å². The molecule has 6 heteroatoms. The summed E-state index contributed by atoms with van der Waals surface area (Å²) in [6.45, 7) is 6.41. The summed E-state index contributed by atoms with van der Waals surface area (Å²) in [5.41, 5.74) is 2.57. The molecule has 4 heterocycles. The summed E-state index contributed by atoms with van der Waals surface area (Å²) in [4.78, 5) is 9.03. The fourth-order valence-electron chi connectivity index (χ4n) is 4.15. The molecule has 4 aromatic heterocycles. The molecule has 0 atom stereocenters. The number of fused-ring (bicyclic) bond motifs is 2. The molecule has 0 bridgehead atoms. The monoisotopic (exact) mass is 676 g/mol. The average molecular weight is 674 g/mol. The predicted molar refractivity (Wildman–Crippen MR) is 145 cm³/mol. The molecule has 5 rings (SSSR count). The van der Waals surface area contributed by atoms with Gasteiger partial charge in [0.2, 0.25) is 0 Å². The van der Waals surface area contributed by atoms with Crippen molar-refractivity contribution in [2.45, 2.75) is 44.5 Å². The van der Waals surface area contributed by atoms with Crippen molar-refractivity contribution in [1.29, 1.82) is 0 Å². The zero-order valence-corrected chi connectivity index (χ0v) is 26.9. The maximum absolute atomic E-state index is 6.24. The van der Waals surface area contributed by atoms with E-state index in [4.69, 9.17) is 8.83 Å². The number of benzene rings is 1. The number of rotatable bonds is 6. The van der Waals surface area contributed by atoms with Crippen LogP contribution in [0.4, 0.5) is 0 Å². The van der Waals surface area contributed by atoms with Crippen LogP contribution in [-0.2, 0) is 4.44 Å². The standard InChI is InChI=1S/C21H14O2S2.C2H5.3CH3.2Sn/c1-11-4-6-16(22-11)18-14-8-9-24-20(14)19(17-7-5-12(2)23-17)15-10-13(3)25-21(15)18;1-2;;;;;/h4-8,10H,3H2,1-2H3;1H2,2H3;3*1H3;;. The molecule has 0 aliphatic rings. The first-order valence-electron chi connectivity index (χ1n) is 11.1. The predicted octanol–water partition coefficient (Wildman–Crippen LogP) is 8.44. The fraction of sp³-hybridized carbons (Fsp3) is 0.308. The van der Waals surface area contributed by atoms with E-state index < -0.39 is 18.4 Å². The van der Waals surface area contributed by atoms with Gasteiger partial charge >= 0.3 is 214 Å². The van der Waals surface area contributed by atoms with Crippen LogP contribution in [0, 0.1) is 13.8 Å². The molecule has 5 aromatic rings. The molecular formula is C26H28O2S2Sn2. The van der Waals surface area contributed by atoms with Crippen molar-refractivity contribution in [3.8, 4) is 22.6 Å². The molecule has 0 fully saturated rings. The van der Waals surface area contributed by atoms with E-state index in [1.54, 1.807) is 2.89 Å². The van der Waals surface area contributed by atoms with Crippen molar-refractivity contribution in [3.63, 3.8) is 0 Å². The van der Waals surface area contributed by atoms with Crippen LogP contribution in [-0.4, -0.2) is 39.5 Å². The van der Waals surface area contributed by atoms with E-state index in [2.05, 4.69) is 58.1 Å². The van der Waals surface area contributed by atoms with Crippen LogP contribution < -0.4 is 2.89 Å². The molecule has 32 heavy (non-hydrogen) atoms. The Morgan fingerprint density at radius 1 is 0.812 bits per heavy atom. The Bertz CT molecular complexity index is 1330. The van der Waals surface area contributed by atoms with E-state index in [0.717, 1.165) is 23.0 Å². The molecule has 2 radical (unpaired) electrons. The molecule has 0 aliphatic heterocycles. The fourth-order valence-corrected chi connectivity index (χ4v) is 14.7. The second kappa shape index (κ2) is 8.82. The van der Waals surface area contributed by atoms with Gasteiger partial charge in [0.15, 0.2) is 0 Å². The Morgan fingerprint density at radius 2 is 1.38 bits per heavy atom. The van der Waals surface area contributed by atoms with Crippen LogP contribution in [0.3, 0.4) is 0 Å². The summed E-state index contributed by atoms with van der Waals surface area (Å²) in [7, 11) is 0. The summed E-state index contributed by atoms with van der Waals surface area (Å²) < 4.78 is 19.5. The van der Waals surface area contributed by atoms with Crippen LogP contribution in [0.5, 0.6) is 0 Å². The van der Waals surface area contributed by atoms with Gasteiger partial charge in [0.05, 0.1) is 0 Å². The van der Waals surface area contributed by atoms with Gasteiger partial charge in [0.1, 0.15) is 0 Å². The second-order valence-electron chi connectivity index (χ2n) is 9.41. The first kappa shape index (κ1) is 23.1. The van der Waals surface area contributed by atoms with Gasteiger partial charge in [0, 0.05) is 0 Å². The number of furan rings is 2. The third kappa shape index (κ3) is 4.14. The van der Waals surface area contributed by atoms with Crippen LogP contribution >= 0.6 is 22.7 Å². The molecule has 2 nitrogen and oxygen atoms in total. The third-order valence-corrected chi connectivity index (χ3v) is 21.5. The molecule has 0 saturated carbocycles. The van der Waals surface area contributed by atoms with E-state index in [-0.39, 0.29) is 21.1 Å². The van der Waals surface area contributed by atoms with Crippen molar-refractivity contribution in [2.24, 2.45) is 0 Å². The topological polar surface area (TPSA) is 26.3 Å². The quantitative estimate of drug-likeness (QED) is 0.169. The average Bonchev–Trinajstić information content (AvgIpc) is 3.50. The van der Waals surface area contributed by atoms with Crippen LogP contribution in [0.1, 0.15) is 23.3 Å². The Morgan fingerprint density at radius 3 is 1.88 bits per heavy atom. The first-order valence-corrected chi connectivity index (χ1v) is 26.8. The number of thiophene rings is 2. The molecule has 164 valence electrons. The van der Waals surface area contributed by atoms with E-state index >= 15 is 0 Å². The zero-order chi connectivity index (χ0) is 22.6. The van der Waals surface area contributed by atoms with Gasteiger partial charge in [0.25, 0.3) is 0 Å². The van der Waals surface area contributed by atoms with Crippen LogP contribution in [0.25, 0.3) is 42.8 Å². The normalized spacial score (nSPS) is 12.4. The Balaban J connectivity index is 1.93. The molecule has 0 aliphatic carbocycles. The molecule has 0 N–H and O–H groups in total. The molecule has 0 saturated heterocycles. The van der Waals surface area contributed by atoms with Gasteiger partial charge < -0.3 is 0 Å². The molecule has 0 unspecified atom stereocenters. The van der Waals surface area contributed by atoms with E-state index in [0.29, 0.717) is 0 Å². The minimum absolute atomic E-state index is 0.330. The Kier molecular flexibility index (Phi) is 6.36. The minimum atomic E-state index is -2.27. The van der Waals surface area contributed by atoms with Crippen LogP contribution in [0.15, 0.2) is 45.2 Å². The SMILES string of the molecule is C[CH2][Sn][CH2]c1cc2c(-c3ccc(C)o3)c3s[c]([Sn]([CH3])([CH3])[CH3])cc3c(-c3ccc(C)o3)c2s1. The van der Waals surface area contributed by atoms with E-state index in [9.17, 15) is 0 Å². The molecule has 1 aromatic carbocycles. The van der Waals surface area contributed by atoms with Crippen LogP contribution in [0.2, 0.25) is 19.3 Å². The molecular weight excluding hydrogens is 646 g/mol. The summed E-state index contributed by atoms with van der Waals surface area (Å²) in [5, 5.41) is 2.68. The van der Waals surface area contributed by atoms with Crippen molar-refractivity contribution >= 4 is 85.3 Å². The molecule has 0 spiro atoms. The van der Waals surface area contributed by atoms with Gasteiger partial charge in [-0.3, -0.25) is 0 Å². The van der Waals surface area contributed by atoms with Gasteiger partial charge in [-0.25, -0.2) is 0 Å². The molecule has 0 amide bonds. The number of aryl methyl sites for hydroxylation is 2. The summed E-state index contributed by atoms with van der Waals surface area (Å²) in [6.07, 6.45) is 0. The van der Waals surface area contributed by atoms with Crippen molar-refractivity contribution < 1.29 is 8.83 Å². The number of hydrogen-bond donors (Lipinski definition) is 0. The van der Waals surface area contributed by atoms with Gasteiger partial charge in [-0.1, -0.05) is 0 Å². The Hall–Kier alpha value is -0.703. The van der Waals surface area contributed by atoms with Gasteiger partial charge in [-0.2, -0.15) is 0 Å². The van der Waals surface area contributed by atoms with Gasteiger partial charge in [-0.15, -0.1) is 0 Å². The summed E-state index contributed by atoms with van der Waals surface area (Å²) >= 11 is 1.38. The first-order chi connectivity index (χ1) is 15.3. The second-order valence-corrected chi connectivity index (χ2v) is 31.5. The van der Waals surface area contributed by atoms with Gasteiger partial charge in [-0.05, 0) is 0 Å². The van der Waals surface area contributed by atoms with E-state index in [1.807, 2.05) is 36.5 Å². The van der Waals surface area contributed by atoms with E-state index in [1.165, 1.54) is 45.0 Å².